The molecular formula is C15H17NO3S3. The average Bonchev–Trinajstić information content (AvgIpc) is 3.10. The lowest BCUT2D eigenvalue weighted by molar-refractivity contribution is -0.140. The standard InChI is InChI=1S/C15H17NO3S3/c1-19-13(17)7-3-2-4-8-16-14(18)12(22-15(16)20)10-11-6-5-9-21-11/h5-6,9-10H,2-4,7-8H2,1H3/b12-10+. The number of thiophene rings is 1. The van der Waals surface area contributed by atoms with Crippen molar-refractivity contribution in [1.82, 2.24) is 4.90 Å². The van der Waals surface area contributed by atoms with Crippen LogP contribution in [0.25, 0.3) is 6.08 Å². The molecule has 0 bridgehead atoms. The number of carbonyl (C=O) groups is 2. The van der Waals surface area contributed by atoms with Gasteiger partial charge in [0.1, 0.15) is 4.32 Å². The van der Waals surface area contributed by atoms with Crippen molar-refractivity contribution in [2.45, 2.75) is 25.7 Å². The molecule has 1 saturated heterocycles. The zero-order valence-corrected chi connectivity index (χ0v) is 14.7. The Kier molecular flexibility index (Phi) is 6.60. The summed E-state index contributed by atoms with van der Waals surface area (Å²) in [6.45, 7) is 0.605. The summed E-state index contributed by atoms with van der Waals surface area (Å²) in [5.41, 5.74) is 0. The lowest BCUT2D eigenvalue weighted by Crippen LogP contribution is -2.29. The van der Waals surface area contributed by atoms with Crippen molar-refractivity contribution >= 4 is 57.6 Å². The van der Waals surface area contributed by atoms with Gasteiger partial charge >= 0.3 is 5.97 Å². The Labute approximate surface area is 143 Å². The number of rotatable bonds is 7. The highest BCUT2D eigenvalue weighted by molar-refractivity contribution is 8.26. The minimum absolute atomic E-state index is 0.0173. The number of thiocarbonyl (C=S) groups is 1. The van der Waals surface area contributed by atoms with Gasteiger partial charge in [0.05, 0.1) is 12.0 Å². The van der Waals surface area contributed by atoms with Crippen molar-refractivity contribution in [2.24, 2.45) is 0 Å². The van der Waals surface area contributed by atoms with E-state index in [1.165, 1.54) is 18.9 Å². The molecule has 0 N–H and O–H groups in total. The van der Waals surface area contributed by atoms with Gasteiger partial charge in [0.2, 0.25) is 0 Å². The average molecular weight is 356 g/mol. The van der Waals surface area contributed by atoms with E-state index in [0.717, 1.165) is 24.1 Å². The molecule has 0 radical (unpaired) electrons. The van der Waals surface area contributed by atoms with Crippen LogP contribution in [0.4, 0.5) is 0 Å². The van der Waals surface area contributed by atoms with Crippen LogP contribution in [0.2, 0.25) is 0 Å². The van der Waals surface area contributed by atoms with Crippen LogP contribution in [-0.2, 0) is 14.3 Å². The fourth-order valence-corrected chi connectivity index (χ4v) is 4.04. The first-order valence-corrected chi connectivity index (χ1v) is 9.08. The molecule has 0 aliphatic carbocycles. The minimum Gasteiger partial charge on any atom is -0.469 e. The maximum Gasteiger partial charge on any atom is 0.305 e. The highest BCUT2D eigenvalue weighted by atomic mass is 32.2. The van der Waals surface area contributed by atoms with Crippen LogP contribution in [0.1, 0.15) is 30.6 Å². The molecule has 0 spiro atoms. The van der Waals surface area contributed by atoms with Gasteiger partial charge in [0.25, 0.3) is 5.91 Å². The van der Waals surface area contributed by atoms with Crippen LogP contribution in [0.5, 0.6) is 0 Å². The lowest BCUT2D eigenvalue weighted by Gasteiger charge is -2.13. The first kappa shape index (κ1) is 17.2. The molecule has 1 aliphatic rings. The first-order chi connectivity index (χ1) is 10.6. The zero-order valence-electron chi connectivity index (χ0n) is 12.2. The number of unbranched alkanes of at least 4 members (excludes halogenated alkanes) is 2. The number of carbonyl (C=O) groups excluding carboxylic acids is 2. The van der Waals surface area contributed by atoms with E-state index < -0.39 is 0 Å². The normalized spacial score (nSPS) is 16.6. The van der Waals surface area contributed by atoms with E-state index in [0.29, 0.717) is 22.2 Å². The van der Waals surface area contributed by atoms with Crippen LogP contribution in [0, 0.1) is 0 Å². The fraction of sp³-hybridized carbons (Fsp3) is 0.400. The second-order valence-electron chi connectivity index (χ2n) is 4.74. The Hall–Kier alpha value is -1.18. The third kappa shape index (κ3) is 4.66. The largest absolute Gasteiger partial charge is 0.469 e. The van der Waals surface area contributed by atoms with Gasteiger partial charge in [-0.3, -0.25) is 14.5 Å². The number of hydrogen-bond donors (Lipinski definition) is 0. The minimum atomic E-state index is -0.190. The number of esters is 1. The van der Waals surface area contributed by atoms with Gasteiger partial charge in [-0.2, -0.15) is 0 Å². The summed E-state index contributed by atoms with van der Waals surface area (Å²) in [7, 11) is 1.39. The summed E-state index contributed by atoms with van der Waals surface area (Å²) in [5, 5.41) is 1.98. The molecule has 118 valence electrons. The van der Waals surface area contributed by atoms with E-state index in [1.807, 2.05) is 23.6 Å². The van der Waals surface area contributed by atoms with E-state index in [-0.39, 0.29) is 11.9 Å². The molecule has 0 saturated carbocycles. The Morgan fingerprint density at radius 3 is 2.91 bits per heavy atom. The Bertz CT molecular complexity index is 581. The van der Waals surface area contributed by atoms with Gasteiger partial charge in [-0.25, -0.2) is 0 Å². The van der Waals surface area contributed by atoms with Crippen LogP contribution in [0.15, 0.2) is 22.4 Å². The second kappa shape index (κ2) is 8.45. The fourth-order valence-electron chi connectivity index (χ4n) is 2.01. The summed E-state index contributed by atoms with van der Waals surface area (Å²) >= 11 is 8.23. The maximum atomic E-state index is 12.3. The summed E-state index contributed by atoms with van der Waals surface area (Å²) in [5.74, 6) is -0.208. The van der Waals surface area contributed by atoms with Crippen LogP contribution in [0.3, 0.4) is 0 Å². The smallest absolute Gasteiger partial charge is 0.305 e. The van der Waals surface area contributed by atoms with Crippen molar-refractivity contribution in [1.29, 1.82) is 0 Å². The predicted molar refractivity (Wildman–Crippen MR) is 94.7 cm³/mol. The third-order valence-electron chi connectivity index (χ3n) is 3.18. The molecule has 0 unspecified atom stereocenters. The Morgan fingerprint density at radius 2 is 2.23 bits per heavy atom. The molecule has 1 aromatic heterocycles. The molecule has 4 nitrogen and oxygen atoms in total. The van der Waals surface area contributed by atoms with Gasteiger partial charge in [-0.05, 0) is 30.4 Å². The molecular weight excluding hydrogens is 338 g/mol. The number of thioether (sulfide) groups is 1. The maximum absolute atomic E-state index is 12.3. The number of nitrogens with zero attached hydrogens (tertiary/aromatic N) is 1. The highest BCUT2D eigenvalue weighted by Gasteiger charge is 2.31. The van der Waals surface area contributed by atoms with Crippen molar-refractivity contribution in [2.75, 3.05) is 13.7 Å². The van der Waals surface area contributed by atoms with E-state index in [2.05, 4.69) is 4.74 Å². The molecule has 0 aromatic carbocycles. The molecule has 0 atom stereocenters. The second-order valence-corrected chi connectivity index (χ2v) is 7.39. The van der Waals surface area contributed by atoms with Gasteiger partial charge in [-0.1, -0.05) is 36.5 Å². The summed E-state index contributed by atoms with van der Waals surface area (Å²) in [6, 6.07) is 3.93. The van der Waals surface area contributed by atoms with Crippen LogP contribution in [-0.4, -0.2) is 34.8 Å². The quantitative estimate of drug-likeness (QED) is 0.323. The summed E-state index contributed by atoms with van der Waals surface area (Å²) in [6.07, 6.45) is 4.78. The molecule has 1 aliphatic heterocycles. The SMILES string of the molecule is COC(=O)CCCCCN1C(=O)/C(=C\c2cccs2)SC1=S. The Balaban J connectivity index is 1.81. The van der Waals surface area contributed by atoms with Crippen molar-refractivity contribution in [3.8, 4) is 0 Å². The molecule has 1 fully saturated rings. The first-order valence-electron chi connectivity index (χ1n) is 6.97. The Morgan fingerprint density at radius 1 is 1.41 bits per heavy atom. The third-order valence-corrected chi connectivity index (χ3v) is 5.38. The number of ether oxygens (including phenoxy) is 1. The number of amides is 1. The topological polar surface area (TPSA) is 46.6 Å². The lowest BCUT2D eigenvalue weighted by atomic mass is 10.2. The molecule has 1 aromatic rings. The number of methoxy groups -OCH3 is 1. The monoisotopic (exact) mass is 355 g/mol. The molecule has 22 heavy (non-hydrogen) atoms. The summed E-state index contributed by atoms with van der Waals surface area (Å²) < 4.78 is 5.21. The van der Waals surface area contributed by atoms with Gasteiger partial charge in [-0.15, -0.1) is 11.3 Å². The molecule has 7 heteroatoms. The van der Waals surface area contributed by atoms with Crippen molar-refractivity contribution < 1.29 is 14.3 Å². The molecule has 2 heterocycles. The van der Waals surface area contributed by atoms with Crippen LogP contribution >= 0.6 is 35.3 Å². The highest BCUT2D eigenvalue weighted by Crippen LogP contribution is 2.33. The van der Waals surface area contributed by atoms with E-state index in [1.54, 1.807) is 16.2 Å². The van der Waals surface area contributed by atoms with E-state index in [4.69, 9.17) is 12.2 Å². The molecule has 2 rings (SSSR count). The van der Waals surface area contributed by atoms with E-state index >= 15 is 0 Å². The summed E-state index contributed by atoms with van der Waals surface area (Å²) in [4.78, 5) is 26.7. The van der Waals surface area contributed by atoms with Gasteiger partial charge < -0.3 is 4.74 Å². The number of hydrogen-bond acceptors (Lipinski definition) is 6. The van der Waals surface area contributed by atoms with Crippen LogP contribution < -0.4 is 0 Å². The predicted octanol–water partition coefficient (Wildman–Crippen LogP) is 3.68. The zero-order chi connectivity index (χ0) is 15.9. The van der Waals surface area contributed by atoms with Gasteiger partial charge in [0, 0.05) is 17.8 Å². The van der Waals surface area contributed by atoms with Gasteiger partial charge in [0.15, 0.2) is 0 Å². The molecule has 1 amide bonds. The van der Waals surface area contributed by atoms with E-state index in [9.17, 15) is 9.59 Å². The van der Waals surface area contributed by atoms with Crippen molar-refractivity contribution in [3.63, 3.8) is 0 Å². The van der Waals surface area contributed by atoms with Crippen molar-refractivity contribution in [3.05, 3.63) is 27.3 Å².